The van der Waals surface area contributed by atoms with Gasteiger partial charge in [-0.3, -0.25) is 0 Å². The van der Waals surface area contributed by atoms with E-state index in [4.69, 9.17) is 9.84 Å². The number of ether oxygens (including phenoxy) is 1. The molecule has 2 N–H and O–H groups in total. The van der Waals surface area contributed by atoms with Crippen molar-refractivity contribution in [2.75, 3.05) is 13.2 Å². The van der Waals surface area contributed by atoms with E-state index in [-0.39, 0.29) is 24.7 Å². The van der Waals surface area contributed by atoms with Crippen LogP contribution in [0.5, 0.6) is 5.75 Å². The van der Waals surface area contributed by atoms with Gasteiger partial charge in [0.05, 0.1) is 16.5 Å². The number of aryl methyl sites for hydroxylation is 1. The molecule has 0 bridgehead atoms. The molecule has 8 heteroatoms. The van der Waals surface area contributed by atoms with Crippen LogP contribution in [0.15, 0.2) is 35.4 Å². The minimum Gasteiger partial charge on any atom is -0.491 e. The third-order valence-electron chi connectivity index (χ3n) is 2.60. The number of nitrogens with one attached hydrogen (secondary N) is 1. The zero-order chi connectivity index (χ0) is 15.3. The molecule has 114 valence electrons. The first-order valence-corrected chi connectivity index (χ1v) is 8.56. The van der Waals surface area contributed by atoms with E-state index >= 15 is 0 Å². The second kappa shape index (κ2) is 6.99. The van der Waals surface area contributed by atoms with Gasteiger partial charge >= 0.3 is 0 Å². The fourth-order valence-corrected chi connectivity index (χ4v) is 3.45. The zero-order valence-electron chi connectivity index (χ0n) is 11.4. The van der Waals surface area contributed by atoms with E-state index in [1.54, 1.807) is 18.3 Å². The van der Waals surface area contributed by atoms with Crippen LogP contribution in [0.1, 0.15) is 9.88 Å². The van der Waals surface area contributed by atoms with E-state index in [1.807, 2.05) is 6.92 Å². The van der Waals surface area contributed by atoms with Gasteiger partial charge in [-0.15, -0.1) is 11.3 Å². The molecule has 0 aliphatic carbocycles. The van der Waals surface area contributed by atoms with Crippen LogP contribution < -0.4 is 9.46 Å². The van der Waals surface area contributed by atoms with Gasteiger partial charge in [0.15, 0.2) is 0 Å². The maximum absolute atomic E-state index is 12.1. The van der Waals surface area contributed by atoms with Crippen molar-refractivity contribution in [1.82, 2.24) is 9.71 Å². The van der Waals surface area contributed by atoms with E-state index < -0.39 is 10.0 Å². The van der Waals surface area contributed by atoms with Crippen LogP contribution in [0.3, 0.4) is 0 Å². The number of aliphatic hydroxyl groups excluding tert-OH is 1. The topological polar surface area (TPSA) is 88.5 Å². The molecule has 21 heavy (non-hydrogen) atoms. The van der Waals surface area contributed by atoms with Crippen LogP contribution in [0.4, 0.5) is 0 Å². The molecule has 0 atom stereocenters. The molecule has 1 aromatic heterocycles. The fourth-order valence-electron chi connectivity index (χ4n) is 1.62. The maximum atomic E-state index is 12.1. The standard InChI is InChI=1S/C13H16N2O4S2/c1-10-14-8-12(20-10)9-15-21(17,18)13-4-2-11(3-5-13)19-7-6-16/h2-5,8,15-16H,6-7,9H2,1H3. The van der Waals surface area contributed by atoms with Crippen molar-refractivity contribution < 1.29 is 18.3 Å². The number of aliphatic hydroxyl groups is 1. The van der Waals surface area contributed by atoms with Crippen LogP contribution in [0.2, 0.25) is 0 Å². The number of benzene rings is 1. The Balaban J connectivity index is 2.01. The molecule has 0 fully saturated rings. The summed E-state index contributed by atoms with van der Waals surface area (Å²) in [5.74, 6) is 0.515. The second-order valence-corrected chi connectivity index (χ2v) is 7.30. The lowest BCUT2D eigenvalue weighted by molar-refractivity contribution is 0.201. The summed E-state index contributed by atoms with van der Waals surface area (Å²) >= 11 is 1.45. The van der Waals surface area contributed by atoms with Gasteiger partial charge in [0.2, 0.25) is 10.0 Å². The maximum Gasteiger partial charge on any atom is 0.240 e. The molecule has 0 aliphatic rings. The molecular formula is C13H16N2O4S2. The number of thiazole rings is 1. The van der Waals surface area contributed by atoms with Gasteiger partial charge in [-0.2, -0.15) is 0 Å². The Bertz CT molecular complexity index is 680. The highest BCUT2D eigenvalue weighted by atomic mass is 32.2. The van der Waals surface area contributed by atoms with Crippen LogP contribution in [0.25, 0.3) is 0 Å². The minimum atomic E-state index is -3.56. The van der Waals surface area contributed by atoms with E-state index in [2.05, 4.69) is 9.71 Å². The minimum absolute atomic E-state index is 0.0874. The molecule has 6 nitrogen and oxygen atoms in total. The van der Waals surface area contributed by atoms with Gasteiger partial charge in [0, 0.05) is 17.6 Å². The van der Waals surface area contributed by atoms with Crippen LogP contribution in [0, 0.1) is 6.92 Å². The van der Waals surface area contributed by atoms with E-state index in [0.29, 0.717) is 5.75 Å². The Morgan fingerprint density at radius 1 is 1.33 bits per heavy atom. The highest BCUT2D eigenvalue weighted by Crippen LogP contribution is 2.17. The fraction of sp³-hybridized carbons (Fsp3) is 0.308. The average Bonchev–Trinajstić information content (AvgIpc) is 2.89. The van der Waals surface area contributed by atoms with Gasteiger partial charge in [-0.05, 0) is 31.2 Å². The molecule has 1 heterocycles. The van der Waals surface area contributed by atoms with Crippen molar-refractivity contribution in [3.05, 3.63) is 40.3 Å². The predicted octanol–water partition coefficient (Wildman–Crippen LogP) is 1.30. The van der Waals surface area contributed by atoms with E-state index in [0.717, 1.165) is 9.88 Å². The molecule has 0 radical (unpaired) electrons. The Kier molecular flexibility index (Phi) is 5.29. The summed E-state index contributed by atoms with van der Waals surface area (Å²) in [6.45, 7) is 2.18. The lowest BCUT2D eigenvalue weighted by Crippen LogP contribution is -2.22. The van der Waals surface area contributed by atoms with Gasteiger partial charge < -0.3 is 9.84 Å². The molecule has 0 saturated carbocycles. The number of sulfonamides is 1. The van der Waals surface area contributed by atoms with Crippen molar-refractivity contribution in [2.45, 2.75) is 18.4 Å². The monoisotopic (exact) mass is 328 g/mol. The first-order chi connectivity index (χ1) is 10.0. The highest BCUT2D eigenvalue weighted by Gasteiger charge is 2.14. The molecule has 0 unspecified atom stereocenters. The Hall–Kier alpha value is -1.48. The molecule has 2 aromatic rings. The Morgan fingerprint density at radius 2 is 2.05 bits per heavy atom. The van der Waals surface area contributed by atoms with Crippen LogP contribution in [-0.4, -0.2) is 31.7 Å². The van der Waals surface area contributed by atoms with Crippen molar-refractivity contribution in [2.24, 2.45) is 0 Å². The van der Waals surface area contributed by atoms with E-state index in [9.17, 15) is 8.42 Å². The smallest absolute Gasteiger partial charge is 0.240 e. The SMILES string of the molecule is Cc1ncc(CNS(=O)(=O)c2ccc(OCCO)cc2)s1. The number of nitrogens with zero attached hydrogens (tertiary/aromatic N) is 1. The summed E-state index contributed by atoms with van der Waals surface area (Å²) in [5, 5.41) is 9.55. The molecule has 2 rings (SSSR count). The third-order valence-corrected chi connectivity index (χ3v) is 4.93. The van der Waals surface area contributed by atoms with Crippen LogP contribution >= 0.6 is 11.3 Å². The summed E-state index contributed by atoms with van der Waals surface area (Å²) < 4.78 is 32.0. The predicted molar refractivity (Wildman–Crippen MR) is 79.9 cm³/mol. The second-order valence-electron chi connectivity index (χ2n) is 4.21. The molecule has 0 saturated heterocycles. The quantitative estimate of drug-likeness (QED) is 0.800. The zero-order valence-corrected chi connectivity index (χ0v) is 13.1. The first-order valence-electron chi connectivity index (χ1n) is 6.26. The summed E-state index contributed by atoms with van der Waals surface area (Å²) in [5.41, 5.74) is 0. The summed E-state index contributed by atoms with van der Waals surface area (Å²) in [6, 6.07) is 6.04. The first kappa shape index (κ1) is 15.9. The Morgan fingerprint density at radius 3 is 2.62 bits per heavy atom. The van der Waals surface area contributed by atoms with Gasteiger partial charge in [0.1, 0.15) is 12.4 Å². The van der Waals surface area contributed by atoms with Crippen molar-refractivity contribution in [1.29, 1.82) is 0 Å². The van der Waals surface area contributed by atoms with Gasteiger partial charge in [-0.25, -0.2) is 18.1 Å². The van der Waals surface area contributed by atoms with Crippen LogP contribution in [-0.2, 0) is 16.6 Å². The molecule has 0 amide bonds. The molecule has 0 aliphatic heterocycles. The Labute approximate surface area is 127 Å². The number of hydrogen-bond donors (Lipinski definition) is 2. The summed E-state index contributed by atoms with van der Waals surface area (Å²) in [4.78, 5) is 5.10. The lowest BCUT2D eigenvalue weighted by atomic mass is 10.3. The lowest BCUT2D eigenvalue weighted by Gasteiger charge is -2.07. The average molecular weight is 328 g/mol. The van der Waals surface area contributed by atoms with Crippen molar-refractivity contribution in [3.8, 4) is 5.75 Å². The third kappa shape index (κ3) is 4.50. The molecule has 1 aromatic carbocycles. The van der Waals surface area contributed by atoms with Gasteiger partial charge in [-0.1, -0.05) is 0 Å². The number of hydrogen-bond acceptors (Lipinski definition) is 6. The normalized spacial score (nSPS) is 11.5. The van der Waals surface area contributed by atoms with Gasteiger partial charge in [0.25, 0.3) is 0 Å². The molecule has 0 spiro atoms. The number of aromatic nitrogens is 1. The largest absolute Gasteiger partial charge is 0.491 e. The summed E-state index contributed by atoms with van der Waals surface area (Å²) in [7, 11) is -3.56. The molecular weight excluding hydrogens is 312 g/mol. The van der Waals surface area contributed by atoms with Crippen molar-refractivity contribution >= 4 is 21.4 Å². The van der Waals surface area contributed by atoms with E-state index in [1.165, 1.54) is 23.5 Å². The van der Waals surface area contributed by atoms with Crippen molar-refractivity contribution in [3.63, 3.8) is 0 Å². The number of rotatable bonds is 7. The summed E-state index contributed by atoms with van der Waals surface area (Å²) in [6.07, 6.45) is 1.66. The highest BCUT2D eigenvalue weighted by molar-refractivity contribution is 7.89.